The molecule has 7 amide bonds. The number of anilines is 2. The third kappa shape index (κ3) is 10.3. The number of cyclic esters (lactones) is 1. The van der Waals surface area contributed by atoms with Gasteiger partial charge in [-0.15, -0.1) is 0 Å². The van der Waals surface area contributed by atoms with Crippen LogP contribution in [-0.4, -0.2) is 137 Å². The van der Waals surface area contributed by atoms with Crippen molar-refractivity contribution in [2.24, 2.45) is 5.92 Å². The zero-order valence-corrected chi connectivity index (χ0v) is 34.7. The minimum Gasteiger partial charge on any atom is -0.458 e. The van der Waals surface area contributed by atoms with Gasteiger partial charge in [-0.2, -0.15) is 0 Å². The van der Waals surface area contributed by atoms with Crippen molar-refractivity contribution in [2.45, 2.75) is 95.3 Å². The van der Waals surface area contributed by atoms with Gasteiger partial charge in [-0.05, 0) is 93.5 Å². The third-order valence-electron chi connectivity index (χ3n) is 11.3. The first-order valence-electron chi connectivity index (χ1n) is 20.3. The molecule has 0 unspecified atom stereocenters. The van der Waals surface area contributed by atoms with Crippen molar-refractivity contribution in [3.63, 3.8) is 0 Å². The zero-order chi connectivity index (χ0) is 44.3. The van der Waals surface area contributed by atoms with Crippen LogP contribution in [0.3, 0.4) is 0 Å². The predicted octanol–water partition coefficient (Wildman–Crippen LogP) is 1.40. The molecule has 17 nitrogen and oxygen atoms in total. The van der Waals surface area contributed by atoms with Crippen LogP contribution in [0, 0.1) is 17.6 Å². The number of fused-ring (bicyclic) bond motifs is 3. The Morgan fingerprint density at radius 1 is 0.934 bits per heavy atom. The maximum Gasteiger partial charge on any atom is 0.329 e. The number of ether oxygens (including phenoxy) is 1. The monoisotopic (exact) mass is 850 g/mol. The highest BCUT2D eigenvalue weighted by atomic mass is 19.1. The van der Waals surface area contributed by atoms with Crippen molar-refractivity contribution in [1.82, 2.24) is 30.7 Å². The van der Waals surface area contributed by atoms with Gasteiger partial charge in [0.1, 0.15) is 53.6 Å². The molecule has 5 N–H and O–H groups in total. The average Bonchev–Trinajstić information content (AvgIpc) is 3.80. The molecule has 6 rings (SSSR count). The molecule has 0 bridgehead atoms. The number of hydrogen-bond acceptors (Lipinski definition) is 10. The van der Waals surface area contributed by atoms with E-state index in [9.17, 15) is 47.4 Å². The van der Waals surface area contributed by atoms with E-state index in [2.05, 4.69) is 21.3 Å². The summed E-state index contributed by atoms with van der Waals surface area (Å²) in [4.78, 5) is 104. The summed E-state index contributed by atoms with van der Waals surface area (Å²) in [6.45, 7) is 4.50. The summed E-state index contributed by atoms with van der Waals surface area (Å²) >= 11 is 0. The number of aliphatic hydroxyl groups is 1. The topological polar surface area (TPSA) is 210 Å². The standard InChI is InChI=1S/C42H52F2N8O9/c1-22-14-34-41(59)61-24(3)35(48-36(54)31(17-25-15-26(43)18-27(44)16-25)47-42(60)46-28-9-11-29(12-10-28)49(4)5)40(58)52-21-30(53)19-33(52)39(57)50-13-7-6-8-32(50)37(55)45-23(2)38(56)51(34)20-22/h9-12,15-16,18-19,22-24,30-32,34-35,53H,6-8,13-14,17,20-21H2,1-5H3,(H,45,55)(H,48,54)(H2,46,47,60)/t22-,23+,24+,30-,31+,32+,34+,35+/m1/s1. The summed E-state index contributed by atoms with van der Waals surface area (Å²) in [6.07, 6.45) is -0.562. The van der Waals surface area contributed by atoms with Crippen LogP contribution in [0.4, 0.5) is 25.0 Å². The van der Waals surface area contributed by atoms with Crippen LogP contribution < -0.4 is 26.2 Å². The average molecular weight is 851 g/mol. The molecule has 328 valence electrons. The van der Waals surface area contributed by atoms with Gasteiger partial charge >= 0.3 is 12.0 Å². The molecule has 2 aromatic rings. The third-order valence-corrected chi connectivity index (χ3v) is 11.3. The first-order valence-corrected chi connectivity index (χ1v) is 20.3. The van der Waals surface area contributed by atoms with E-state index in [0.29, 0.717) is 24.6 Å². The Kier molecular flexibility index (Phi) is 13.6. The smallest absolute Gasteiger partial charge is 0.329 e. The number of hydrogen-bond donors (Lipinski definition) is 5. The van der Waals surface area contributed by atoms with Crippen molar-refractivity contribution >= 4 is 52.9 Å². The van der Waals surface area contributed by atoms with Crippen LogP contribution in [0.1, 0.15) is 52.0 Å². The number of benzene rings is 2. The van der Waals surface area contributed by atoms with Crippen molar-refractivity contribution in [1.29, 1.82) is 0 Å². The highest BCUT2D eigenvalue weighted by Crippen LogP contribution is 2.29. The fourth-order valence-electron chi connectivity index (χ4n) is 8.21. The quantitative estimate of drug-likeness (QED) is 0.253. The lowest BCUT2D eigenvalue weighted by Gasteiger charge is -2.38. The second-order valence-corrected chi connectivity index (χ2v) is 16.4. The molecule has 8 atom stereocenters. The molecule has 4 aliphatic heterocycles. The molecule has 4 heterocycles. The number of aliphatic hydroxyl groups excluding tert-OH is 1. The fraction of sp³-hybridized carbons (Fsp3) is 0.500. The molecule has 0 saturated carbocycles. The summed E-state index contributed by atoms with van der Waals surface area (Å²) in [6, 6.07) is 1.82. The molecule has 3 saturated heterocycles. The Bertz CT molecular complexity index is 2060. The molecule has 3 fully saturated rings. The lowest BCUT2D eigenvalue weighted by molar-refractivity contribution is -0.162. The van der Waals surface area contributed by atoms with Gasteiger partial charge in [0.25, 0.3) is 11.8 Å². The Morgan fingerprint density at radius 3 is 2.30 bits per heavy atom. The lowest BCUT2D eigenvalue weighted by atomic mass is 10.00. The van der Waals surface area contributed by atoms with Crippen molar-refractivity contribution in [3.8, 4) is 0 Å². The van der Waals surface area contributed by atoms with Gasteiger partial charge in [-0.3, -0.25) is 24.0 Å². The van der Waals surface area contributed by atoms with Gasteiger partial charge in [0.2, 0.25) is 17.7 Å². The number of urea groups is 1. The van der Waals surface area contributed by atoms with Crippen molar-refractivity contribution < 1.29 is 52.2 Å². The van der Waals surface area contributed by atoms with E-state index in [1.807, 2.05) is 25.9 Å². The minimum absolute atomic E-state index is 0.0231. The minimum atomic E-state index is -1.79. The summed E-state index contributed by atoms with van der Waals surface area (Å²) in [5.41, 5.74) is 0.880. The molecule has 0 aliphatic carbocycles. The second kappa shape index (κ2) is 18.7. The second-order valence-electron chi connectivity index (χ2n) is 16.4. The van der Waals surface area contributed by atoms with Gasteiger partial charge in [0, 0.05) is 51.0 Å². The van der Waals surface area contributed by atoms with E-state index >= 15 is 0 Å². The van der Waals surface area contributed by atoms with Gasteiger partial charge in [-0.25, -0.2) is 18.4 Å². The van der Waals surface area contributed by atoms with Crippen LogP contribution in [0.5, 0.6) is 0 Å². The largest absolute Gasteiger partial charge is 0.458 e. The summed E-state index contributed by atoms with van der Waals surface area (Å²) in [5, 5.41) is 21.2. The number of carbonyl (C=O) groups is 7. The summed E-state index contributed by atoms with van der Waals surface area (Å²) in [7, 11) is 3.67. The maximum absolute atomic E-state index is 14.7. The number of halogens is 2. The fourth-order valence-corrected chi connectivity index (χ4v) is 8.21. The van der Waals surface area contributed by atoms with Gasteiger partial charge in [0.05, 0.1) is 12.6 Å². The summed E-state index contributed by atoms with van der Waals surface area (Å²) < 4.78 is 34.6. The zero-order valence-electron chi connectivity index (χ0n) is 34.7. The van der Waals surface area contributed by atoms with Crippen molar-refractivity contribution in [3.05, 3.63) is 71.4 Å². The first kappa shape index (κ1) is 44.4. The van der Waals surface area contributed by atoms with Gasteiger partial charge in [-0.1, -0.05) is 6.92 Å². The number of piperidine rings is 1. The Balaban J connectivity index is 1.35. The highest BCUT2D eigenvalue weighted by molar-refractivity contribution is 6.03. The van der Waals surface area contributed by atoms with Gasteiger partial charge in [0.15, 0.2) is 0 Å². The molecule has 0 aromatic heterocycles. The molecular weight excluding hydrogens is 799 g/mol. The lowest BCUT2D eigenvalue weighted by Crippen LogP contribution is -2.61. The molecule has 0 spiro atoms. The molecule has 4 aliphatic rings. The van der Waals surface area contributed by atoms with E-state index < -0.39 is 109 Å². The number of rotatable bonds is 7. The highest BCUT2D eigenvalue weighted by Gasteiger charge is 2.46. The predicted molar refractivity (Wildman–Crippen MR) is 216 cm³/mol. The number of nitrogens with zero attached hydrogens (tertiary/aromatic N) is 4. The summed E-state index contributed by atoms with van der Waals surface area (Å²) in [5.74, 6) is -6.89. The first-order chi connectivity index (χ1) is 28.9. The van der Waals surface area contributed by atoms with Crippen LogP contribution in [0.15, 0.2) is 54.2 Å². The Morgan fingerprint density at radius 2 is 1.62 bits per heavy atom. The van der Waals surface area contributed by atoms with Gasteiger partial charge < -0.3 is 50.7 Å². The van der Waals surface area contributed by atoms with E-state index in [1.165, 1.54) is 23.6 Å². The number of nitrogens with one attached hydrogen (secondary N) is 4. The number of carbonyl (C=O) groups excluding carboxylic acids is 7. The van der Waals surface area contributed by atoms with Crippen LogP contribution >= 0.6 is 0 Å². The molecule has 19 heteroatoms. The normalized spacial score (nSPS) is 26.6. The molecule has 2 aromatic carbocycles. The van der Waals surface area contributed by atoms with Crippen LogP contribution in [0.25, 0.3) is 0 Å². The Labute approximate surface area is 351 Å². The number of esters is 1. The molecule has 0 radical (unpaired) electrons. The molecular formula is C42H52F2N8O9. The van der Waals surface area contributed by atoms with E-state index in [0.717, 1.165) is 28.8 Å². The van der Waals surface area contributed by atoms with Crippen LogP contribution in [-0.2, 0) is 39.9 Å². The molecule has 61 heavy (non-hydrogen) atoms. The van der Waals surface area contributed by atoms with E-state index in [4.69, 9.17) is 4.74 Å². The van der Waals surface area contributed by atoms with Crippen LogP contribution in [0.2, 0.25) is 0 Å². The number of amides is 7. The van der Waals surface area contributed by atoms with Crippen molar-refractivity contribution in [2.75, 3.05) is 43.9 Å². The maximum atomic E-state index is 14.7. The Hall–Kier alpha value is -6.11. The van der Waals surface area contributed by atoms with E-state index in [-0.39, 0.29) is 43.1 Å². The van der Waals surface area contributed by atoms with E-state index in [1.54, 1.807) is 24.3 Å². The SMILES string of the molecule is C[C@@H]1C[C@H]2C(=O)O[C@@H](C)[C@H](NC(=O)[C@H](Cc3cc(F)cc(F)c3)NC(=O)Nc3ccc(N(C)C)cc3)C(=O)N3C[C@H](O)C=C3C(=O)N3CCCC[C@H]3C(=O)N[C@@H](C)C(=O)N2C1.